The van der Waals surface area contributed by atoms with E-state index in [-0.39, 0.29) is 0 Å². The second-order valence-corrected chi connectivity index (χ2v) is 3.08. The predicted octanol–water partition coefficient (Wildman–Crippen LogP) is 1.60. The minimum Gasteiger partial charge on any atom is -0.441 e. The Morgan fingerprint density at radius 3 is 3.14 bits per heavy atom. The maximum atomic E-state index is 5.62. The number of hydrogen-bond acceptors (Lipinski definition) is 4. The molecular weight excluding hydrogens is 180 g/mol. The van der Waals surface area contributed by atoms with E-state index in [0.717, 1.165) is 11.1 Å². The normalized spacial score (nSPS) is 10.9. The summed E-state index contributed by atoms with van der Waals surface area (Å²) in [5.74, 6) is 0.687. The van der Waals surface area contributed by atoms with Gasteiger partial charge in [0.2, 0.25) is 0 Å². The molecule has 1 aromatic carbocycles. The fourth-order valence-electron chi connectivity index (χ4n) is 1.29. The standard InChI is InChI=1S/C10H12N2O2/c1-13-5-4-10-12-8-3-2-7(11)6-9(8)14-10/h2-3,6H,4-5,11H2,1H3. The molecule has 4 nitrogen and oxygen atoms in total. The van der Waals surface area contributed by atoms with Crippen molar-refractivity contribution in [2.75, 3.05) is 19.5 Å². The van der Waals surface area contributed by atoms with Crippen LogP contribution < -0.4 is 5.73 Å². The molecule has 0 aliphatic heterocycles. The Balaban J connectivity index is 2.32. The zero-order chi connectivity index (χ0) is 9.97. The van der Waals surface area contributed by atoms with Gasteiger partial charge in [-0.2, -0.15) is 0 Å². The number of nitrogens with two attached hydrogens (primary N) is 1. The van der Waals surface area contributed by atoms with E-state index in [1.54, 1.807) is 13.2 Å². The number of anilines is 1. The average Bonchev–Trinajstić information content (AvgIpc) is 2.56. The summed E-state index contributed by atoms with van der Waals surface area (Å²) >= 11 is 0. The van der Waals surface area contributed by atoms with Gasteiger partial charge in [0, 0.05) is 25.3 Å². The number of methoxy groups -OCH3 is 1. The molecule has 2 aromatic rings. The zero-order valence-corrected chi connectivity index (χ0v) is 7.99. The molecule has 74 valence electrons. The molecule has 0 aliphatic carbocycles. The quantitative estimate of drug-likeness (QED) is 0.750. The molecule has 14 heavy (non-hydrogen) atoms. The van der Waals surface area contributed by atoms with Crippen molar-refractivity contribution in [2.24, 2.45) is 0 Å². The van der Waals surface area contributed by atoms with Crippen molar-refractivity contribution < 1.29 is 9.15 Å². The maximum Gasteiger partial charge on any atom is 0.197 e. The average molecular weight is 192 g/mol. The molecule has 0 aliphatic rings. The Morgan fingerprint density at radius 1 is 1.50 bits per heavy atom. The summed E-state index contributed by atoms with van der Waals surface area (Å²) in [6, 6.07) is 5.44. The molecule has 0 unspecified atom stereocenters. The second-order valence-electron chi connectivity index (χ2n) is 3.08. The van der Waals surface area contributed by atoms with Gasteiger partial charge in [0.15, 0.2) is 11.5 Å². The summed E-state index contributed by atoms with van der Waals surface area (Å²) in [6.07, 6.45) is 0.686. The van der Waals surface area contributed by atoms with Crippen molar-refractivity contribution in [3.05, 3.63) is 24.1 Å². The summed E-state index contributed by atoms with van der Waals surface area (Å²) in [5, 5.41) is 0. The molecule has 0 saturated carbocycles. The number of hydrogen-bond donors (Lipinski definition) is 1. The second kappa shape index (κ2) is 3.67. The zero-order valence-electron chi connectivity index (χ0n) is 7.99. The Labute approximate surface area is 81.7 Å². The highest BCUT2D eigenvalue weighted by molar-refractivity contribution is 5.76. The highest BCUT2D eigenvalue weighted by Gasteiger charge is 2.04. The summed E-state index contributed by atoms with van der Waals surface area (Å²) in [7, 11) is 1.65. The summed E-state index contributed by atoms with van der Waals surface area (Å²) in [5.41, 5.74) is 7.88. The molecule has 0 atom stereocenters. The van der Waals surface area contributed by atoms with Gasteiger partial charge < -0.3 is 14.9 Å². The third-order valence-corrected chi connectivity index (χ3v) is 1.98. The lowest BCUT2D eigenvalue weighted by atomic mass is 10.3. The van der Waals surface area contributed by atoms with Crippen LogP contribution in [0.3, 0.4) is 0 Å². The van der Waals surface area contributed by atoms with Gasteiger partial charge in [-0.1, -0.05) is 0 Å². The third-order valence-electron chi connectivity index (χ3n) is 1.98. The topological polar surface area (TPSA) is 61.3 Å². The third kappa shape index (κ3) is 1.70. The van der Waals surface area contributed by atoms with Crippen molar-refractivity contribution in [1.29, 1.82) is 0 Å². The molecule has 0 bridgehead atoms. The molecule has 0 spiro atoms. The van der Waals surface area contributed by atoms with E-state index >= 15 is 0 Å². The Morgan fingerprint density at radius 2 is 2.36 bits per heavy atom. The molecule has 1 heterocycles. The van der Waals surface area contributed by atoms with E-state index in [0.29, 0.717) is 24.6 Å². The number of benzene rings is 1. The molecule has 4 heteroatoms. The van der Waals surface area contributed by atoms with Crippen LogP contribution in [0.1, 0.15) is 5.89 Å². The highest BCUT2D eigenvalue weighted by atomic mass is 16.5. The van der Waals surface area contributed by atoms with Gasteiger partial charge in [-0.05, 0) is 12.1 Å². The van der Waals surface area contributed by atoms with Crippen LogP contribution in [0.4, 0.5) is 5.69 Å². The Bertz CT molecular complexity index is 437. The van der Waals surface area contributed by atoms with Crippen molar-refractivity contribution in [2.45, 2.75) is 6.42 Å². The van der Waals surface area contributed by atoms with E-state index in [4.69, 9.17) is 14.9 Å². The number of rotatable bonds is 3. The van der Waals surface area contributed by atoms with Gasteiger partial charge in [0.1, 0.15) is 5.52 Å². The van der Waals surface area contributed by atoms with Crippen LogP contribution in [-0.4, -0.2) is 18.7 Å². The Kier molecular flexibility index (Phi) is 2.37. The number of nitrogen functional groups attached to an aromatic ring is 1. The lowest BCUT2D eigenvalue weighted by Gasteiger charge is -1.91. The van der Waals surface area contributed by atoms with Crippen molar-refractivity contribution in [1.82, 2.24) is 4.98 Å². The smallest absolute Gasteiger partial charge is 0.197 e. The van der Waals surface area contributed by atoms with Gasteiger partial charge in [0.05, 0.1) is 6.61 Å². The Hall–Kier alpha value is -1.55. The first kappa shape index (κ1) is 9.02. The SMILES string of the molecule is COCCc1nc2ccc(N)cc2o1. The first-order valence-corrected chi connectivity index (χ1v) is 4.43. The predicted molar refractivity (Wildman–Crippen MR) is 54.0 cm³/mol. The first-order chi connectivity index (χ1) is 6.79. The number of ether oxygens (including phenoxy) is 1. The van der Waals surface area contributed by atoms with Gasteiger partial charge in [-0.3, -0.25) is 0 Å². The summed E-state index contributed by atoms with van der Waals surface area (Å²) < 4.78 is 10.4. The van der Waals surface area contributed by atoms with E-state index in [1.165, 1.54) is 0 Å². The largest absolute Gasteiger partial charge is 0.441 e. The lowest BCUT2D eigenvalue weighted by Crippen LogP contribution is -1.93. The van der Waals surface area contributed by atoms with E-state index in [1.807, 2.05) is 12.1 Å². The van der Waals surface area contributed by atoms with Gasteiger partial charge in [-0.25, -0.2) is 4.98 Å². The van der Waals surface area contributed by atoms with Crippen LogP contribution in [0.2, 0.25) is 0 Å². The molecule has 0 saturated heterocycles. The van der Waals surface area contributed by atoms with Crippen LogP contribution in [0, 0.1) is 0 Å². The maximum absolute atomic E-state index is 5.62. The summed E-state index contributed by atoms with van der Waals surface area (Å²) in [6.45, 7) is 0.613. The van der Waals surface area contributed by atoms with Crippen molar-refractivity contribution >= 4 is 16.8 Å². The highest BCUT2D eigenvalue weighted by Crippen LogP contribution is 2.18. The fraction of sp³-hybridized carbons (Fsp3) is 0.300. The molecule has 0 fully saturated rings. The van der Waals surface area contributed by atoms with E-state index in [2.05, 4.69) is 4.98 Å². The number of oxazole rings is 1. The van der Waals surface area contributed by atoms with Gasteiger partial charge in [-0.15, -0.1) is 0 Å². The van der Waals surface area contributed by atoms with Crippen molar-refractivity contribution in [3.63, 3.8) is 0 Å². The van der Waals surface area contributed by atoms with Crippen molar-refractivity contribution in [3.8, 4) is 0 Å². The number of fused-ring (bicyclic) bond motifs is 1. The van der Waals surface area contributed by atoms with E-state index in [9.17, 15) is 0 Å². The lowest BCUT2D eigenvalue weighted by molar-refractivity contribution is 0.196. The van der Waals surface area contributed by atoms with E-state index < -0.39 is 0 Å². The molecule has 0 radical (unpaired) electrons. The molecule has 1 aromatic heterocycles. The number of nitrogens with zero attached hydrogens (tertiary/aromatic N) is 1. The van der Waals surface area contributed by atoms with Crippen LogP contribution in [0.25, 0.3) is 11.1 Å². The molecule has 2 N–H and O–H groups in total. The van der Waals surface area contributed by atoms with Crippen LogP contribution >= 0.6 is 0 Å². The number of aromatic nitrogens is 1. The monoisotopic (exact) mass is 192 g/mol. The van der Waals surface area contributed by atoms with Crippen LogP contribution in [0.15, 0.2) is 22.6 Å². The van der Waals surface area contributed by atoms with Gasteiger partial charge in [0.25, 0.3) is 0 Å². The summed E-state index contributed by atoms with van der Waals surface area (Å²) in [4.78, 5) is 4.29. The van der Waals surface area contributed by atoms with Crippen LogP contribution in [-0.2, 0) is 11.2 Å². The fourth-order valence-corrected chi connectivity index (χ4v) is 1.29. The first-order valence-electron chi connectivity index (χ1n) is 4.43. The molecule has 0 amide bonds. The molecule has 2 rings (SSSR count). The minimum absolute atomic E-state index is 0.613. The minimum atomic E-state index is 0.613. The van der Waals surface area contributed by atoms with Crippen LogP contribution in [0.5, 0.6) is 0 Å². The molecular formula is C10H12N2O2. The van der Waals surface area contributed by atoms with Gasteiger partial charge >= 0.3 is 0 Å².